The van der Waals surface area contributed by atoms with Crippen LogP contribution in [0.25, 0.3) is 0 Å². The van der Waals surface area contributed by atoms with Gasteiger partial charge in [-0.2, -0.15) is 0 Å². The van der Waals surface area contributed by atoms with Gasteiger partial charge in [0, 0.05) is 13.0 Å². The topological polar surface area (TPSA) is 46.5 Å². The monoisotopic (exact) mass is 168 g/mol. The lowest BCUT2D eigenvalue weighted by molar-refractivity contribution is -0.146. The Morgan fingerprint density at radius 3 is 2.83 bits per heavy atom. The Balaban J connectivity index is 2.24. The molecule has 0 aromatic carbocycles. The van der Waals surface area contributed by atoms with Crippen molar-refractivity contribution >= 4 is 5.97 Å². The Bertz CT molecular complexity index is 246. The summed E-state index contributed by atoms with van der Waals surface area (Å²) in [6, 6.07) is 0. The van der Waals surface area contributed by atoms with Crippen molar-refractivity contribution in [3.05, 3.63) is 12.2 Å². The number of hydrogen-bond donors (Lipinski definition) is 1. The standard InChI is InChI=1S/C9H12O3/c1-12-7-5-9(8(10)11)3-2-6(7)4-9/h2-3,6-7H,4-5H2,1H3,(H,10,11). The molecule has 2 aliphatic rings. The summed E-state index contributed by atoms with van der Waals surface area (Å²) in [5.74, 6) is -0.383. The van der Waals surface area contributed by atoms with Crippen molar-refractivity contribution < 1.29 is 14.6 Å². The summed E-state index contributed by atoms with van der Waals surface area (Å²) < 4.78 is 5.21. The Kier molecular flexibility index (Phi) is 1.51. The molecule has 0 radical (unpaired) electrons. The largest absolute Gasteiger partial charge is 0.481 e. The van der Waals surface area contributed by atoms with Crippen molar-refractivity contribution in [2.24, 2.45) is 11.3 Å². The molecule has 66 valence electrons. The van der Waals surface area contributed by atoms with Gasteiger partial charge in [-0.05, 0) is 12.8 Å². The van der Waals surface area contributed by atoms with E-state index >= 15 is 0 Å². The summed E-state index contributed by atoms with van der Waals surface area (Å²) in [6.45, 7) is 0. The summed E-state index contributed by atoms with van der Waals surface area (Å²) in [5.41, 5.74) is -0.606. The average Bonchev–Trinajstić information content (AvgIpc) is 2.61. The Morgan fingerprint density at radius 1 is 1.67 bits per heavy atom. The lowest BCUT2D eigenvalue weighted by atomic mass is 9.88. The van der Waals surface area contributed by atoms with E-state index in [-0.39, 0.29) is 6.10 Å². The highest BCUT2D eigenvalue weighted by molar-refractivity contribution is 5.78. The average molecular weight is 168 g/mol. The molecule has 12 heavy (non-hydrogen) atoms. The highest BCUT2D eigenvalue weighted by Crippen LogP contribution is 2.50. The number of rotatable bonds is 2. The van der Waals surface area contributed by atoms with Crippen molar-refractivity contribution in [2.45, 2.75) is 18.9 Å². The molecule has 3 unspecified atom stereocenters. The number of methoxy groups -OCH3 is 1. The first-order valence-corrected chi connectivity index (χ1v) is 4.13. The van der Waals surface area contributed by atoms with Crippen LogP contribution in [0.15, 0.2) is 12.2 Å². The van der Waals surface area contributed by atoms with Gasteiger partial charge in [-0.25, -0.2) is 0 Å². The lowest BCUT2D eigenvalue weighted by Gasteiger charge is -2.20. The summed E-state index contributed by atoms with van der Waals surface area (Å²) in [4.78, 5) is 10.9. The van der Waals surface area contributed by atoms with Crippen LogP contribution in [0.2, 0.25) is 0 Å². The zero-order valence-corrected chi connectivity index (χ0v) is 6.99. The fourth-order valence-electron chi connectivity index (χ4n) is 2.29. The van der Waals surface area contributed by atoms with Crippen molar-refractivity contribution in [3.8, 4) is 0 Å². The fourth-order valence-corrected chi connectivity index (χ4v) is 2.29. The number of hydrogen-bond acceptors (Lipinski definition) is 2. The van der Waals surface area contributed by atoms with Crippen LogP contribution in [0.4, 0.5) is 0 Å². The molecule has 1 fully saturated rings. The van der Waals surface area contributed by atoms with Crippen LogP contribution in [0.1, 0.15) is 12.8 Å². The Hall–Kier alpha value is -0.830. The maximum Gasteiger partial charge on any atom is 0.313 e. The molecule has 0 aromatic heterocycles. The van der Waals surface area contributed by atoms with Gasteiger partial charge in [0.25, 0.3) is 0 Å². The predicted octanol–water partition coefficient (Wildman–Crippen LogP) is 1.05. The number of fused-ring (bicyclic) bond motifs is 2. The van der Waals surface area contributed by atoms with Crippen molar-refractivity contribution in [1.29, 1.82) is 0 Å². The lowest BCUT2D eigenvalue weighted by Crippen LogP contribution is -2.27. The molecule has 0 aliphatic heterocycles. The molecule has 2 rings (SSSR count). The molecule has 1 N–H and O–H groups in total. The van der Waals surface area contributed by atoms with Gasteiger partial charge in [-0.15, -0.1) is 0 Å². The Labute approximate surface area is 71.0 Å². The van der Waals surface area contributed by atoms with Crippen molar-refractivity contribution in [2.75, 3.05) is 7.11 Å². The zero-order valence-electron chi connectivity index (χ0n) is 6.99. The second-order valence-corrected chi connectivity index (χ2v) is 3.67. The normalized spacial score (nSPS) is 43.8. The van der Waals surface area contributed by atoms with Crippen LogP contribution >= 0.6 is 0 Å². The fraction of sp³-hybridized carbons (Fsp3) is 0.667. The minimum Gasteiger partial charge on any atom is -0.481 e. The molecular formula is C9H12O3. The van der Waals surface area contributed by atoms with E-state index in [2.05, 4.69) is 0 Å². The summed E-state index contributed by atoms with van der Waals surface area (Å²) in [6.07, 6.45) is 5.29. The van der Waals surface area contributed by atoms with E-state index in [4.69, 9.17) is 9.84 Å². The first-order chi connectivity index (χ1) is 5.68. The molecule has 0 saturated heterocycles. The van der Waals surface area contributed by atoms with Gasteiger partial charge >= 0.3 is 5.97 Å². The Morgan fingerprint density at radius 2 is 2.42 bits per heavy atom. The maximum absolute atomic E-state index is 10.9. The molecule has 0 spiro atoms. The SMILES string of the molecule is COC1CC2(C(=O)O)C=CC1C2. The van der Waals surface area contributed by atoms with Gasteiger partial charge in [0.1, 0.15) is 0 Å². The quantitative estimate of drug-likeness (QED) is 0.627. The van der Waals surface area contributed by atoms with E-state index in [1.54, 1.807) is 7.11 Å². The van der Waals surface area contributed by atoms with Crippen LogP contribution in [-0.4, -0.2) is 24.3 Å². The molecule has 0 heterocycles. The summed E-state index contributed by atoms with van der Waals surface area (Å²) in [5, 5.41) is 9.00. The minimum atomic E-state index is -0.708. The second-order valence-electron chi connectivity index (χ2n) is 3.67. The molecule has 2 aliphatic carbocycles. The maximum atomic E-state index is 10.9. The van der Waals surface area contributed by atoms with Gasteiger partial charge < -0.3 is 9.84 Å². The molecule has 3 atom stereocenters. The number of aliphatic carboxylic acids is 1. The van der Waals surface area contributed by atoms with Crippen LogP contribution in [0.5, 0.6) is 0 Å². The highest BCUT2D eigenvalue weighted by Gasteiger charge is 2.52. The zero-order chi connectivity index (χ0) is 8.77. The third kappa shape index (κ3) is 0.829. The van der Waals surface area contributed by atoms with Crippen LogP contribution in [0, 0.1) is 11.3 Å². The van der Waals surface area contributed by atoms with Gasteiger partial charge in [0.15, 0.2) is 0 Å². The molecule has 2 bridgehead atoms. The molecular weight excluding hydrogens is 156 g/mol. The van der Waals surface area contributed by atoms with E-state index in [1.807, 2.05) is 12.2 Å². The summed E-state index contributed by atoms with van der Waals surface area (Å²) in [7, 11) is 1.65. The third-order valence-electron chi connectivity index (χ3n) is 3.03. The van der Waals surface area contributed by atoms with E-state index in [0.717, 1.165) is 6.42 Å². The van der Waals surface area contributed by atoms with E-state index in [9.17, 15) is 4.79 Å². The van der Waals surface area contributed by atoms with E-state index < -0.39 is 11.4 Å². The first kappa shape index (κ1) is 7.80. The highest BCUT2D eigenvalue weighted by atomic mass is 16.5. The smallest absolute Gasteiger partial charge is 0.313 e. The van der Waals surface area contributed by atoms with Crippen LogP contribution in [0.3, 0.4) is 0 Å². The van der Waals surface area contributed by atoms with Crippen LogP contribution in [-0.2, 0) is 9.53 Å². The van der Waals surface area contributed by atoms with Crippen LogP contribution < -0.4 is 0 Å². The number of carbonyl (C=O) groups is 1. The number of carboxylic acid groups (broad SMARTS) is 1. The van der Waals surface area contributed by atoms with Gasteiger partial charge in [-0.3, -0.25) is 4.79 Å². The number of ether oxygens (including phenoxy) is 1. The van der Waals surface area contributed by atoms with Crippen molar-refractivity contribution in [3.63, 3.8) is 0 Å². The van der Waals surface area contributed by atoms with Gasteiger partial charge in [0.2, 0.25) is 0 Å². The first-order valence-electron chi connectivity index (χ1n) is 4.13. The van der Waals surface area contributed by atoms with Gasteiger partial charge in [-0.1, -0.05) is 12.2 Å². The van der Waals surface area contributed by atoms with Gasteiger partial charge in [0.05, 0.1) is 11.5 Å². The summed E-state index contributed by atoms with van der Waals surface area (Å²) >= 11 is 0. The molecule has 0 aromatic rings. The molecule has 3 nitrogen and oxygen atoms in total. The van der Waals surface area contributed by atoms with E-state index in [1.165, 1.54) is 0 Å². The van der Waals surface area contributed by atoms with Crippen molar-refractivity contribution in [1.82, 2.24) is 0 Å². The number of carboxylic acids is 1. The molecule has 1 saturated carbocycles. The second kappa shape index (κ2) is 2.33. The molecule has 0 amide bonds. The predicted molar refractivity (Wildman–Crippen MR) is 42.7 cm³/mol. The minimum absolute atomic E-state index is 0.117. The third-order valence-corrected chi connectivity index (χ3v) is 3.03. The van der Waals surface area contributed by atoms with E-state index in [0.29, 0.717) is 12.3 Å². The molecule has 3 heteroatoms.